The van der Waals surface area contributed by atoms with Crippen LogP contribution < -0.4 is 5.32 Å². The Labute approximate surface area is 126 Å². The fourth-order valence-electron chi connectivity index (χ4n) is 2.04. The Hall–Kier alpha value is -3.33. The molecule has 0 bridgehead atoms. The third-order valence-electron chi connectivity index (χ3n) is 3.12. The van der Waals surface area contributed by atoms with E-state index in [1.54, 1.807) is 43.3 Å². The SMILES string of the molecule is Cc1onc(-c2ccco2)c1C(=O)Nc1ccc(C#N)cc1. The van der Waals surface area contributed by atoms with E-state index in [9.17, 15) is 4.79 Å². The number of carbonyl (C=O) groups excluding carboxylic acids is 1. The minimum absolute atomic E-state index is 0.319. The number of amides is 1. The number of nitrogens with zero attached hydrogens (tertiary/aromatic N) is 2. The van der Waals surface area contributed by atoms with Gasteiger partial charge in [-0.1, -0.05) is 5.16 Å². The quantitative estimate of drug-likeness (QED) is 0.799. The summed E-state index contributed by atoms with van der Waals surface area (Å²) in [7, 11) is 0. The Bertz CT molecular complexity index is 840. The predicted octanol–water partition coefficient (Wildman–Crippen LogP) is 3.37. The van der Waals surface area contributed by atoms with Crippen molar-refractivity contribution in [1.82, 2.24) is 5.16 Å². The number of hydrogen-bond donors (Lipinski definition) is 1. The van der Waals surface area contributed by atoms with E-state index < -0.39 is 0 Å². The van der Waals surface area contributed by atoms with E-state index in [-0.39, 0.29) is 5.91 Å². The van der Waals surface area contributed by atoms with Crippen LogP contribution in [0.2, 0.25) is 0 Å². The summed E-state index contributed by atoms with van der Waals surface area (Å²) in [6.07, 6.45) is 1.50. The minimum Gasteiger partial charge on any atom is -0.463 e. The van der Waals surface area contributed by atoms with E-state index in [2.05, 4.69) is 10.5 Å². The molecule has 2 aromatic heterocycles. The molecule has 3 rings (SSSR count). The van der Waals surface area contributed by atoms with Crippen molar-refractivity contribution in [3.63, 3.8) is 0 Å². The summed E-state index contributed by atoms with van der Waals surface area (Å²) in [5.74, 6) is 0.509. The molecule has 0 radical (unpaired) electrons. The second kappa shape index (κ2) is 5.58. The number of nitrogens with one attached hydrogen (secondary N) is 1. The molecule has 6 nitrogen and oxygen atoms in total. The van der Waals surface area contributed by atoms with Gasteiger partial charge in [0.25, 0.3) is 5.91 Å². The first-order valence-electron chi connectivity index (χ1n) is 6.50. The average Bonchev–Trinajstić information content (AvgIpc) is 3.17. The summed E-state index contributed by atoms with van der Waals surface area (Å²) in [5.41, 5.74) is 1.78. The largest absolute Gasteiger partial charge is 0.463 e. The van der Waals surface area contributed by atoms with Crippen molar-refractivity contribution in [2.75, 3.05) is 5.32 Å². The van der Waals surface area contributed by atoms with Gasteiger partial charge in [0, 0.05) is 5.69 Å². The van der Waals surface area contributed by atoms with Crippen molar-refractivity contribution in [3.05, 3.63) is 59.5 Å². The topological polar surface area (TPSA) is 92.1 Å². The van der Waals surface area contributed by atoms with Crippen LogP contribution in [0.1, 0.15) is 21.7 Å². The summed E-state index contributed by atoms with van der Waals surface area (Å²) in [5, 5.41) is 15.4. The summed E-state index contributed by atoms with van der Waals surface area (Å²) < 4.78 is 10.4. The molecule has 0 aliphatic carbocycles. The molecule has 2 heterocycles. The van der Waals surface area contributed by atoms with Crippen LogP contribution in [-0.2, 0) is 0 Å². The number of nitriles is 1. The van der Waals surface area contributed by atoms with Crippen LogP contribution in [0.25, 0.3) is 11.5 Å². The Morgan fingerprint density at radius 1 is 1.27 bits per heavy atom. The summed E-state index contributed by atoms with van der Waals surface area (Å²) in [6, 6.07) is 12.0. The molecule has 1 amide bonds. The number of rotatable bonds is 3. The zero-order valence-electron chi connectivity index (χ0n) is 11.7. The first-order valence-corrected chi connectivity index (χ1v) is 6.50. The van der Waals surface area contributed by atoms with Crippen molar-refractivity contribution in [1.29, 1.82) is 5.26 Å². The van der Waals surface area contributed by atoms with Crippen LogP contribution in [0.3, 0.4) is 0 Å². The standard InChI is InChI=1S/C16H11N3O3/c1-10-14(15(19-22-10)13-3-2-8-21-13)16(20)18-12-6-4-11(9-17)5-7-12/h2-8H,1H3,(H,18,20). The van der Waals surface area contributed by atoms with Crippen LogP contribution in [0.15, 0.2) is 51.6 Å². The van der Waals surface area contributed by atoms with Gasteiger partial charge >= 0.3 is 0 Å². The third kappa shape index (κ3) is 2.47. The third-order valence-corrected chi connectivity index (χ3v) is 3.12. The molecule has 0 saturated heterocycles. The number of benzene rings is 1. The molecule has 0 unspecified atom stereocenters. The highest BCUT2D eigenvalue weighted by Gasteiger charge is 2.23. The fraction of sp³-hybridized carbons (Fsp3) is 0.0625. The van der Waals surface area contributed by atoms with Crippen molar-refractivity contribution in [2.24, 2.45) is 0 Å². The lowest BCUT2D eigenvalue weighted by Crippen LogP contribution is -2.13. The maximum Gasteiger partial charge on any atom is 0.261 e. The first-order chi connectivity index (χ1) is 10.7. The lowest BCUT2D eigenvalue weighted by Gasteiger charge is -2.05. The van der Waals surface area contributed by atoms with Gasteiger partial charge in [-0.3, -0.25) is 4.79 Å². The summed E-state index contributed by atoms with van der Waals surface area (Å²) >= 11 is 0. The summed E-state index contributed by atoms with van der Waals surface area (Å²) in [6.45, 7) is 1.66. The lowest BCUT2D eigenvalue weighted by atomic mass is 10.1. The highest BCUT2D eigenvalue weighted by molar-refractivity contribution is 6.08. The zero-order chi connectivity index (χ0) is 15.5. The molecule has 0 atom stereocenters. The summed E-state index contributed by atoms with van der Waals surface area (Å²) in [4.78, 5) is 12.4. The molecule has 0 fully saturated rings. The second-order valence-electron chi connectivity index (χ2n) is 4.58. The van der Waals surface area contributed by atoms with Crippen molar-refractivity contribution < 1.29 is 13.7 Å². The molecule has 108 valence electrons. The molecule has 0 aliphatic heterocycles. The van der Waals surface area contributed by atoms with Gasteiger partial charge in [-0.2, -0.15) is 5.26 Å². The first kappa shape index (κ1) is 13.6. The van der Waals surface area contributed by atoms with E-state index >= 15 is 0 Å². The van der Waals surface area contributed by atoms with Gasteiger partial charge in [-0.25, -0.2) is 0 Å². The van der Waals surface area contributed by atoms with Crippen LogP contribution in [0.5, 0.6) is 0 Å². The minimum atomic E-state index is -0.352. The van der Waals surface area contributed by atoms with E-state index in [1.807, 2.05) is 6.07 Å². The molecule has 0 saturated carbocycles. The van der Waals surface area contributed by atoms with Gasteiger partial charge < -0.3 is 14.3 Å². The van der Waals surface area contributed by atoms with Gasteiger partial charge in [0.05, 0.1) is 17.9 Å². The van der Waals surface area contributed by atoms with E-state index in [0.717, 1.165) is 0 Å². The molecule has 6 heteroatoms. The fourth-order valence-corrected chi connectivity index (χ4v) is 2.04. The lowest BCUT2D eigenvalue weighted by molar-refractivity contribution is 0.102. The number of anilines is 1. The molecule has 3 aromatic rings. The van der Waals surface area contributed by atoms with Crippen LogP contribution in [-0.4, -0.2) is 11.1 Å². The van der Waals surface area contributed by atoms with Crippen LogP contribution >= 0.6 is 0 Å². The normalized spacial score (nSPS) is 10.2. The van der Waals surface area contributed by atoms with Gasteiger partial charge in [0.1, 0.15) is 11.3 Å². The number of hydrogen-bond acceptors (Lipinski definition) is 5. The van der Waals surface area contributed by atoms with E-state index in [4.69, 9.17) is 14.2 Å². The highest BCUT2D eigenvalue weighted by Crippen LogP contribution is 2.26. The van der Waals surface area contributed by atoms with Gasteiger partial charge in [0.2, 0.25) is 0 Å². The molecule has 0 spiro atoms. The van der Waals surface area contributed by atoms with Crippen molar-refractivity contribution in [2.45, 2.75) is 6.92 Å². The number of aryl methyl sites for hydroxylation is 1. The predicted molar refractivity (Wildman–Crippen MR) is 78.1 cm³/mol. The Morgan fingerprint density at radius 2 is 2.05 bits per heavy atom. The smallest absolute Gasteiger partial charge is 0.261 e. The second-order valence-corrected chi connectivity index (χ2v) is 4.58. The molecular weight excluding hydrogens is 282 g/mol. The molecule has 1 N–H and O–H groups in total. The zero-order valence-corrected chi connectivity index (χ0v) is 11.7. The highest BCUT2D eigenvalue weighted by atomic mass is 16.5. The van der Waals surface area contributed by atoms with Crippen molar-refractivity contribution in [3.8, 4) is 17.5 Å². The number of furan rings is 1. The Balaban J connectivity index is 1.89. The monoisotopic (exact) mass is 293 g/mol. The molecule has 0 aliphatic rings. The van der Waals surface area contributed by atoms with Gasteiger partial charge in [-0.15, -0.1) is 0 Å². The number of carbonyl (C=O) groups is 1. The van der Waals surface area contributed by atoms with E-state index in [0.29, 0.717) is 34.0 Å². The van der Waals surface area contributed by atoms with Gasteiger partial charge in [-0.05, 0) is 43.3 Å². The van der Waals surface area contributed by atoms with Crippen molar-refractivity contribution >= 4 is 11.6 Å². The number of aromatic nitrogens is 1. The average molecular weight is 293 g/mol. The maximum atomic E-state index is 12.4. The Kier molecular flexibility index (Phi) is 3.46. The van der Waals surface area contributed by atoms with Crippen LogP contribution in [0.4, 0.5) is 5.69 Å². The van der Waals surface area contributed by atoms with Gasteiger partial charge in [0.15, 0.2) is 11.5 Å². The molecule has 1 aromatic carbocycles. The molecular formula is C16H11N3O3. The maximum absolute atomic E-state index is 12.4. The molecule has 22 heavy (non-hydrogen) atoms. The van der Waals surface area contributed by atoms with Crippen LogP contribution in [0, 0.1) is 18.3 Å². The Morgan fingerprint density at radius 3 is 2.68 bits per heavy atom. The van der Waals surface area contributed by atoms with E-state index in [1.165, 1.54) is 6.26 Å².